The number of fused-ring (bicyclic) bond motifs is 1. The Labute approximate surface area is 175 Å². The number of nitrogens with zero attached hydrogens (tertiary/aromatic N) is 2. The molecule has 3 aromatic rings. The summed E-state index contributed by atoms with van der Waals surface area (Å²) in [6.07, 6.45) is 1.50. The van der Waals surface area contributed by atoms with Gasteiger partial charge >= 0.3 is 0 Å². The molecule has 0 N–H and O–H groups in total. The molecular weight excluding hydrogens is 380 g/mol. The molecule has 1 aliphatic rings. The van der Waals surface area contributed by atoms with Crippen LogP contribution in [-0.4, -0.2) is 29.9 Å². The van der Waals surface area contributed by atoms with Crippen LogP contribution in [0.1, 0.15) is 34.2 Å². The molecule has 2 amide bonds. The zero-order valence-corrected chi connectivity index (χ0v) is 17.1. The average molecular weight is 404 g/mol. The molecule has 0 saturated heterocycles. The Morgan fingerprint density at radius 3 is 2.60 bits per heavy atom. The number of ether oxygens (including phenoxy) is 1. The van der Waals surface area contributed by atoms with Crippen molar-refractivity contribution in [2.75, 3.05) is 18.1 Å². The summed E-state index contributed by atoms with van der Waals surface area (Å²) in [6.45, 7) is 5.35. The third-order valence-electron chi connectivity index (χ3n) is 5.19. The molecule has 0 radical (unpaired) electrons. The van der Waals surface area contributed by atoms with Crippen LogP contribution in [0.5, 0.6) is 5.75 Å². The smallest absolute Gasteiger partial charge is 0.289 e. The van der Waals surface area contributed by atoms with E-state index in [9.17, 15) is 9.59 Å². The summed E-state index contributed by atoms with van der Waals surface area (Å²) in [5, 5.41) is 0. The Morgan fingerprint density at radius 2 is 1.90 bits per heavy atom. The molecule has 0 saturated carbocycles. The van der Waals surface area contributed by atoms with E-state index in [0.717, 1.165) is 28.1 Å². The number of anilines is 1. The molecule has 0 fully saturated rings. The monoisotopic (exact) mass is 404 g/mol. The lowest BCUT2D eigenvalue weighted by Crippen LogP contribution is -2.32. The second-order valence-electron chi connectivity index (χ2n) is 7.44. The van der Waals surface area contributed by atoms with Crippen molar-refractivity contribution >= 4 is 17.5 Å². The summed E-state index contributed by atoms with van der Waals surface area (Å²) in [5.74, 6) is 0.890. The minimum Gasteiger partial charge on any atom is -0.491 e. The van der Waals surface area contributed by atoms with Crippen LogP contribution in [0.2, 0.25) is 0 Å². The summed E-state index contributed by atoms with van der Waals surface area (Å²) in [6, 6.07) is 17.1. The fraction of sp³-hybridized carbons (Fsp3) is 0.250. The molecule has 2 aromatic carbocycles. The third-order valence-corrected chi connectivity index (χ3v) is 5.19. The average Bonchev–Trinajstić information content (AvgIpc) is 3.19. The van der Waals surface area contributed by atoms with Crippen molar-refractivity contribution in [3.05, 3.63) is 83.3 Å². The standard InChI is InChI=1S/C24H24N2O4/c1-17-5-8-21(9-6-17)26(18(2)27)15-19-7-10-22-20(14-19)16-25(11-13-30-22)24(28)23-4-3-12-29-23/h3-10,12,14H,11,13,15-16H2,1-2H3. The molecule has 0 unspecified atom stereocenters. The Hall–Kier alpha value is -3.54. The van der Waals surface area contributed by atoms with Crippen molar-refractivity contribution < 1.29 is 18.7 Å². The van der Waals surface area contributed by atoms with E-state index in [1.165, 1.54) is 6.26 Å². The van der Waals surface area contributed by atoms with Crippen LogP contribution in [0.4, 0.5) is 5.69 Å². The van der Waals surface area contributed by atoms with E-state index in [1.54, 1.807) is 28.9 Å². The first-order valence-corrected chi connectivity index (χ1v) is 9.93. The van der Waals surface area contributed by atoms with E-state index in [0.29, 0.717) is 32.0 Å². The first-order valence-electron chi connectivity index (χ1n) is 9.93. The fourth-order valence-electron chi connectivity index (χ4n) is 3.57. The Morgan fingerprint density at radius 1 is 1.10 bits per heavy atom. The minimum atomic E-state index is -0.160. The largest absolute Gasteiger partial charge is 0.491 e. The maximum Gasteiger partial charge on any atom is 0.289 e. The number of carbonyl (C=O) groups excluding carboxylic acids is 2. The van der Waals surface area contributed by atoms with Gasteiger partial charge in [0.2, 0.25) is 5.91 Å². The van der Waals surface area contributed by atoms with Gasteiger partial charge < -0.3 is 19.0 Å². The highest BCUT2D eigenvalue weighted by molar-refractivity contribution is 5.92. The molecule has 154 valence electrons. The molecule has 6 nitrogen and oxygen atoms in total. The molecule has 0 aliphatic carbocycles. The molecule has 1 aromatic heterocycles. The van der Waals surface area contributed by atoms with E-state index in [-0.39, 0.29) is 11.8 Å². The topological polar surface area (TPSA) is 63.0 Å². The van der Waals surface area contributed by atoms with Gasteiger partial charge in [-0.3, -0.25) is 9.59 Å². The van der Waals surface area contributed by atoms with Crippen LogP contribution >= 0.6 is 0 Å². The zero-order chi connectivity index (χ0) is 21.1. The second-order valence-corrected chi connectivity index (χ2v) is 7.44. The lowest BCUT2D eigenvalue weighted by Gasteiger charge is -2.22. The highest BCUT2D eigenvalue weighted by atomic mass is 16.5. The molecule has 6 heteroatoms. The van der Waals surface area contributed by atoms with Crippen LogP contribution < -0.4 is 9.64 Å². The van der Waals surface area contributed by atoms with Crippen molar-refractivity contribution in [2.24, 2.45) is 0 Å². The van der Waals surface area contributed by atoms with Crippen LogP contribution in [0.3, 0.4) is 0 Å². The van der Waals surface area contributed by atoms with Crippen molar-refractivity contribution in [3.63, 3.8) is 0 Å². The Kier molecular flexibility index (Phi) is 5.57. The van der Waals surface area contributed by atoms with Gasteiger partial charge in [-0.15, -0.1) is 0 Å². The SMILES string of the molecule is CC(=O)N(Cc1ccc2c(c1)CN(C(=O)c1ccco1)CCO2)c1ccc(C)cc1. The van der Waals surface area contributed by atoms with Crippen molar-refractivity contribution in [3.8, 4) is 5.75 Å². The first-order chi connectivity index (χ1) is 14.5. The Balaban J connectivity index is 1.57. The van der Waals surface area contributed by atoms with Gasteiger partial charge in [0.1, 0.15) is 12.4 Å². The molecular formula is C24H24N2O4. The molecule has 0 spiro atoms. The first kappa shape index (κ1) is 19.8. The van der Waals surface area contributed by atoms with Gasteiger partial charge in [-0.25, -0.2) is 0 Å². The number of aryl methyl sites for hydroxylation is 1. The number of carbonyl (C=O) groups is 2. The molecule has 4 rings (SSSR count). The van der Waals surface area contributed by atoms with E-state index in [1.807, 2.05) is 49.4 Å². The van der Waals surface area contributed by atoms with Gasteiger partial charge in [-0.1, -0.05) is 23.8 Å². The number of hydrogen-bond acceptors (Lipinski definition) is 4. The third kappa shape index (κ3) is 4.22. The van der Waals surface area contributed by atoms with Gasteiger partial charge in [0.15, 0.2) is 5.76 Å². The number of amides is 2. The van der Waals surface area contributed by atoms with Gasteiger partial charge in [-0.2, -0.15) is 0 Å². The predicted molar refractivity (Wildman–Crippen MR) is 113 cm³/mol. The number of benzene rings is 2. The molecule has 0 atom stereocenters. The van der Waals surface area contributed by atoms with Crippen molar-refractivity contribution in [2.45, 2.75) is 26.9 Å². The molecule has 2 heterocycles. The van der Waals surface area contributed by atoms with E-state index < -0.39 is 0 Å². The highest BCUT2D eigenvalue weighted by Gasteiger charge is 2.23. The number of rotatable bonds is 4. The molecule has 30 heavy (non-hydrogen) atoms. The zero-order valence-electron chi connectivity index (χ0n) is 17.1. The molecule has 0 bridgehead atoms. The predicted octanol–water partition coefficient (Wildman–Crippen LogP) is 4.18. The maximum absolute atomic E-state index is 12.7. The van der Waals surface area contributed by atoms with E-state index >= 15 is 0 Å². The summed E-state index contributed by atoms with van der Waals surface area (Å²) < 4.78 is 11.1. The van der Waals surface area contributed by atoms with Gasteiger partial charge in [-0.05, 0) is 48.9 Å². The summed E-state index contributed by atoms with van der Waals surface area (Å²) in [5.41, 5.74) is 3.89. The minimum absolute atomic E-state index is 0.0281. The Bertz CT molecular complexity index is 1040. The van der Waals surface area contributed by atoms with Crippen molar-refractivity contribution in [1.29, 1.82) is 0 Å². The molecule has 1 aliphatic heterocycles. The normalized spacial score (nSPS) is 13.2. The fourth-order valence-corrected chi connectivity index (χ4v) is 3.57. The number of furan rings is 1. The van der Waals surface area contributed by atoms with E-state index in [4.69, 9.17) is 9.15 Å². The van der Waals surface area contributed by atoms with Crippen LogP contribution in [0.15, 0.2) is 65.3 Å². The highest BCUT2D eigenvalue weighted by Crippen LogP contribution is 2.27. The quantitative estimate of drug-likeness (QED) is 0.655. The lowest BCUT2D eigenvalue weighted by atomic mass is 10.1. The van der Waals surface area contributed by atoms with Crippen LogP contribution in [-0.2, 0) is 17.9 Å². The van der Waals surface area contributed by atoms with Gasteiger partial charge in [0.05, 0.1) is 19.4 Å². The van der Waals surface area contributed by atoms with Gasteiger partial charge in [0, 0.05) is 24.7 Å². The van der Waals surface area contributed by atoms with Crippen LogP contribution in [0.25, 0.3) is 0 Å². The van der Waals surface area contributed by atoms with Crippen LogP contribution in [0, 0.1) is 6.92 Å². The van der Waals surface area contributed by atoms with E-state index in [2.05, 4.69) is 0 Å². The summed E-state index contributed by atoms with van der Waals surface area (Å²) >= 11 is 0. The lowest BCUT2D eigenvalue weighted by molar-refractivity contribution is -0.116. The summed E-state index contributed by atoms with van der Waals surface area (Å²) in [4.78, 5) is 28.5. The van der Waals surface area contributed by atoms with Gasteiger partial charge in [0.25, 0.3) is 5.91 Å². The second kappa shape index (κ2) is 8.45. The number of hydrogen-bond donors (Lipinski definition) is 0. The van der Waals surface area contributed by atoms with Crippen molar-refractivity contribution in [1.82, 2.24) is 4.90 Å². The summed E-state index contributed by atoms with van der Waals surface area (Å²) in [7, 11) is 0. The maximum atomic E-state index is 12.7.